The van der Waals surface area contributed by atoms with Gasteiger partial charge in [-0.05, 0) is 70.2 Å². The number of benzene rings is 1. The van der Waals surface area contributed by atoms with Crippen LogP contribution in [-0.2, 0) is 22.4 Å². The van der Waals surface area contributed by atoms with E-state index in [9.17, 15) is 14.0 Å². The summed E-state index contributed by atoms with van der Waals surface area (Å²) in [5.74, 6) is 0.653. The molecule has 4 heterocycles. The molecule has 2 aliphatic rings. The fourth-order valence-electron chi connectivity index (χ4n) is 5.46. The average Bonchev–Trinajstić information content (AvgIpc) is 3.31. The molecule has 2 aromatic heterocycles. The number of likely N-dealkylation sites (tertiary alicyclic amines) is 1. The average molecular weight is 600 g/mol. The van der Waals surface area contributed by atoms with E-state index in [1.54, 1.807) is 10.6 Å². The number of rotatable bonds is 7. The van der Waals surface area contributed by atoms with Crippen molar-refractivity contribution in [3.05, 3.63) is 57.1 Å². The Morgan fingerprint density at radius 2 is 1.93 bits per heavy atom. The highest BCUT2D eigenvalue weighted by atomic mass is 35.5. The van der Waals surface area contributed by atoms with Gasteiger partial charge in [0.15, 0.2) is 17.5 Å². The van der Waals surface area contributed by atoms with Crippen molar-refractivity contribution in [3.8, 4) is 0 Å². The summed E-state index contributed by atoms with van der Waals surface area (Å²) in [6.45, 7) is 9.15. The van der Waals surface area contributed by atoms with Gasteiger partial charge in [-0.2, -0.15) is 0 Å². The monoisotopic (exact) mass is 598 g/mol. The quantitative estimate of drug-likeness (QED) is 0.317. The van der Waals surface area contributed by atoms with Crippen LogP contribution in [-0.4, -0.2) is 52.0 Å². The molecule has 1 fully saturated rings. The summed E-state index contributed by atoms with van der Waals surface area (Å²) in [5.41, 5.74) is 2.73. The van der Waals surface area contributed by atoms with E-state index < -0.39 is 12.3 Å². The maximum Gasteiger partial charge on any atom is 0.509 e. The van der Waals surface area contributed by atoms with Crippen molar-refractivity contribution in [3.63, 3.8) is 0 Å². The second-order valence-corrected chi connectivity index (χ2v) is 10.8. The van der Waals surface area contributed by atoms with Crippen LogP contribution in [0.15, 0.2) is 27.5 Å². The molecular formula is C28H37Cl2FN4O5. The molecule has 0 radical (unpaired) electrons. The molecule has 1 unspecified atom stereocenters. The van der Waals surface area contributed by atoms with Crippen molar-refractivity contribution < 1.29 is 23.2 Å². The molecule has 0 N–H and O–H groups in total. The van der Waals surface area contributed by atoms with Gasteiger partial charge in [0.2, 0.25) is 0 Å². The van der Waals surface area contributed by atoms with Gasteiger partial charge in [-0.15, -0.1) is 24.8 Å². The number of hydrogen-bond donors (Lipinski definition) is 0. The van der Waals surface area contributed by atoms with E-state index in [-0.39, 0.29) is 54.6 Å². The van der Waals surface area contributed by atoms with Crippen LogP contribution >= 0.6 is 24.8 Å². The van der Waals surface area contributed by atoms with Gasteiger partial charge in [0.25, 0.3) is 5.56 Å². The largest absolute Gasteiger partial charge is 0.509 e. The number of hydrogen-bond acceptors (Lipinski definition) is 8. The highest BCUT2D eigenvalue weighted by Crippen LogP contribution is 2.33. The fraction of sp³-hybridized carbons (Fsp3) is 0.571. The highest BCUT2D eigenvalue weighted by Gasteiger charge is 2.29. The van der Waals surface area contributed by atoms with Gasteiger partial charge in [0.05, 0.1) is 12.3 Å². The Kier molecular flexibility index (Phi) is 11.0. The normalized spacial score (nSPS) is 17.7. The number of halogens is 3. The molecule has 220 valence electrons. The van der Waals surface area contributed by atoms with Crippen molar-refractivity contribution in [2.75, 3.05) is 26.2 Å². The van der Waals surface area contributed by atoms with Gasteiger partial charge in [-0.1, -0.05) is 19.0 Å². The molecule has 0 aliphatic carbocycles. The summed E-state index contributed by atoms with van der Waals surface area (Å²) in [7, 11) is 0. The first kappa shape index (κ1) is 31.8. The Morgan fingerprint density at radius 1 is 1.18 bits per heavy atom. The minimum absolute atomic E-state index is 0. The van der Waals surface area contributed by atoms with Crippen molar-refractivity contribution >= 4 is 41.9 Å². The smallest absolute Gasteiger partial charge is 0.434 e. The van der Waals surface area contributed by atoms with Crippen molar-refractivity contribution in [1.82, 2.24) is 19.6 Å². The lowest BCUT2D eigenvalue weighted by molar-refractivity contribution is 0.00475. The number of carbonyl (C=O) groups excluding carboxylic acids is 1. The van der Waals surface area contributed by atoms with E-state index in [4.69, 9.17) is 19.0 Å². The lowest BCUT2D eigenvalue weighted by atomic mass is 9.91. The molecule has 0 spiro atoms. The third-order valence-electron chi connectivity index (χ3n) is 7.52. The third-order valence-corrected chi connectivity index (χ3v) is 7.52. The van der Waals surface area contributed by atoms with Crippen LogP contribution in [0.3, 0.4) is 0 Å². The molecule has 1 atom stereocenters. The molecule has 9 nitrogen and oxygen atoms in total. The van der Waals surface area contributed by atoms with E-state index >= 15 is 0 Å². The Balaban J connectivity index is 0.00000220. The first-order valence-corrected chi connectivity index (χ1v) is 13.5. The second kappa shape index (κ2) is 13.8. The molecular weight excluding hydrogens is 562 g/mol. The summed E-state index contributed by atoms with van der Waals surface area (Å²) in [5, 5.41) is 5.11. The predicted molar refractivity (Wildman–Crippen MR) is 153 cm³/mol. The molecule has 0 saturated carbocycles. The van der Waals surface area contributed by atoms with Crippen LogP contribution in [0.4, 0.5) is 9.18 Å². The first-order valence-electron chi connectivity index (χ1n) is 13.5. The number of aromatic nitrogens is 3. The standard InChI is InChI=1S/C28H35FN4O5.2ClH/c1-17(2)16-36-28(35)37-23-5-4-11-33-26(23)30-18(3)21(27(33)34)10-14-32-12-8-19(9-13-32)25-22-7-6-20(29)15-24(22)38-31-25;;/h6-7,15,17,19,23H,4-5,8-14,16H2,1-3H3;2*1H. The second-order valence-electron chi connectivity index (χ2n) is 10.8. The SMILES string of the molecule is Cc1nc2n(c(=O)c1CCN1CCC(c3noc4cc(F)ccc34)CC1)CCCC2OC(=O)OCC(C)C.Cl.Cl. The third kappa shape index (κ3) is 6.95. The number of nitrogens with zero attached hydrogens (tertiary/aromatic N) is 4. The van der Waals surface area contributed by atoms with E-state index in [0.717, 1.165) is 50.0 Å². The van der Waals surface area contributed by atoms with E-state index in [1.165, 1.54) is 12.1 Å². The molecule has 0 amide bonds. The number of carbonyl (C=O) groups is 1. The maximum absolute atomic E-state index is 13.5. The maximum atomic E-state index is 13.5. The van der Waals surface area contributed by atoms with Gasteiger partial charge in [-0.3, -0.25) is 9.36 Å². The van der Waals surface area contributed by atoms with Crippen molar-refractivity contribution in [2.24, 2.45) is 5.92 Å². The van der Waals surface area contributed by atoms with Crippen LogP contribution in [0, 0.1) is 18.7 Å². The predicted octanol–water partition coefficient (Wildman–Crippen LogP) is 5.74. The summed E-state index contributed by atoms with van der Waals surface area (Å²) < 4.78 is 31.2. The fourth-order valence-corrected chi connectivity index (χ4v) is 5.46. The molecule has 1 saturated heterocycles. The van der Waals surface area contributed by atoms with Gasteiger partial charge in [-0.25, -0.2) is 14.2 Å². The Labute approximate surface area is 245 Å². The number of fused-ring (bicyclic) bond motifs is 2. The number of aryl methyl sites for hydroxylation is 1. The zero-order valence-electron chi connectivity index (χ0n) is 23.1. The van der Waals surface area contributed by atoms with Gasteiger partial charge in [0.1, 0.15) is 5.82 Å². The van der Waals surface area contributed by atoms with Crippen LogP contribution in [0.2, 0.25) is 0 Å². The van der Waals surface area contributed by atoms with Gasteiger partial charge < -0.3 is 18.9 Å². The summed E-state index contributed by atoms with van der Waals surface area (Å²) in [6.07, 6.45) is 2.50. The van der Waals surface area contributed by atoms with E-state index in [1.807, 2.05) is 20.8 Å². The van der Waals surface area contributed by atoms with E-state index in [0.29, 0.717) is 42.1 Å². The van der Waals surface area contributed by atoms with Crippen LogP contribution in [0.5, 0.6) is 0 Å². The molecule has 5 rings (SSSR count). The van der Waals surface area contributed by atoms with Crippen LogP contribution in [0.25, 0.3) is 11.0 Å². The van der Waals surface area contributed by atoms with Gasteiger partial charge >= 0.3 is 6.16 Å². The molecule has 0 bridgehead atoms. The highest BCUT2D eigenvalue weighted by molar-refractivity contribution is 5.85. The molecule has 2 aliphatic heterocycles. The zero-order chi connectivity index (χ0) is 26.8. The molecule has 12 heteroatoms. The topological polar surface area (TPSA) is 99.7 Å². The minimum Gasteiger partial charge on any atom is -0.434 e. The minimum atomic E-state index is -0.720. The molecule has 40 heavy (non-hydrogen) atoms. The number of piperidine rings is 1. The lowest BCUT2D eigenvalue weighted by Crippen LogP contribution is -2.38. The Morgan fingerprint density at radius 3 is 2.65 bits per heavy atom. The lowest BCUT2D eigenvalue weighted by Gasteiger charge is -2.31. The Bertz CT molecular complexity index is 1370. The van der Waals surface area contributed by atoms with E-state index in [2.05, 4.69) is 10.1 Å². The summed E-state index contributed by atoms with van der Waals surface area (Å²) >= 11 is 0. The van der Waals surface area contributed by atoms with Gasteiger partial charge in [0, 0.05) is 41.7 Å². The molecule has 3 aromatic rings. The first-order chi connectivity index (χ1) is 18.3. The zero-order valence-corrected chi connectivity index (χ0v) is 24.7. The van der Waals surface area contributed by atoms with Crippen molar-refractivity contribution in [2.45, 2.75) is 71.4 Å². The van der Waals surface area contributed by atoms with Crippen LogP contribution in [0.1, 0.15) is 74.3 Å². The van der Waals surface area contributed by atoms with Crippen molar-refractivity contribution in [1.29, 1.82) is 0 Å². The molecule has 1 aromatic carbocycles. The number of ether oxygens (including phenoxy) is 2. The Hall–Kier alpha value is -2.69. The van der Waals surface area contributed by atoms with Crippen LogP contribution < -0.4 is 5.56 Å². The summed E-state index contributed by atoms with van der Waals surface area (Å²) in [4.78, 5) is 32.6. The summed E-state index contributed by atoms with van der Waals surface area (Å²) in [6, 6.07) is 4.56.